The predicted molar refractivity (Wildman–Crippen MR) is 115 cm³/mol. The van der Waals surface area contributed by atoms with E-state index in [0.29, 0.717) is 5.69 Å². The number of benzene rings is 3. The number of terminal acetylenes is 1. The number of allylic oxidation sites excluding steroid dienone is 1. The summed E-state index contributed by atoms with van der Waals surface area (Å²) in [7, 11) is 0. The Hall–Kier alpha value is -3.90. The molecule has 0 saturated carbocycles. The van der Waals surface area contributed by atoms with Crippen LogP contribution < -0.4 is 0 Å². The number of imidazole rings is 1. The third kappa shape index (κ3) is 3.26. The maximum Gasteiger partial charge on any atom is 0.291 e. The first-order chi connectivity index (χ1) is 14.3. The smallest absolute Gasteiger partial charge is 0.288 e. The summed E-state index contributed by atoms with van der Waals surface area (Å²) in [5.41, 5.74) is 2.33. The molecule has 0 radical (unpaired) electrons. The molecule has 3 heteroatoms. The Kier molecular flexibility index (Phi) is 5.09. The molecule has 0 spiro atoms. The molecule has 0 fully saturated rings. The van der Waals surface area contributed by atoms with Gasteiger partial charge in [0.05, 0.1) is 5.69 Å². The first-order valence-electron chi connectivity index (χ1n) is 9.31. The zero-order valence-corrected chi connectivity index (χ0v) is 15.7. The lowest BCUT2D eigenvalue weighted by Crippen LogP contribution is -2.38. The van der Waals surface area contributed by atoms with Crippen LogP contribution in [0.1, 0.15) is 22.4 Å². The van der Waals surface area contributed by atoms with Gasteiger partial charge in [0.25, 0.3) is 6.08 Å². The maximum absolute atomic E-state index is 15.4. The fraction of sp³-hybridized carbons (Fsp3) is 0.0385. The Balaban J connectivity index is 2.11. The zero-order chi connectivity index (χ0) is 20.1. The molecule has 0 aliphatic rings. The van der Waals surface area contributed by atoms with E-state index in [9.17, 15) is 0 Å². The van der Waals surface area contributed by atoms with Crippen molar-refractivity contribution < 1.29 is 4.39 Å². The Morgan fingerprint density at radius 1 is 0.793 bits per heavy atom. The van der Waals surface area contributed by atoms with E-state index in [1.165, 1.54) is 6.08 Å². The Bertz CT molecular complexity index is 1060. The highest BCUT2D eigenvalue weighted by molar-refractivity contribution is 5.53. The second-order valence-electron chi connectivity index (χ2n) is 6.61. The fourth-order valence-corrected chi connectivity index (χ4v) is 3.78. The highest BCUT2D eigenvalue weighted by Crippen LogP contribution is 2.41. The Morgan fingerprint density at radius 2 is 1.24 bits per heavy atom. The molecule has 0 aliphatic heterocycles. The molecule has 4 rings (SSSR count). The van der Waals surface area contributed by atoms with Crippen molar-refractivity contribution in [2.24, 2.45) is 0 Å². The van der Waals surface area contributed by atoms with Crippen LogP contribution in [0.4, 0.5) is 4.39 Å². The van der Waals surface area contributed by atoms with Gasteiger partial charge in [0.2, 0.25) is 0 Å². The van der Waals surface area contributed by atoms with Gasteiger partial charge in [-0.2, -0.15) is 4.39 Å². The summed E-state index contributed by atoms with van der Waals surface area (Å²) >= 11 is 0. The van der Waals surface area contributed by atoms with Crippen LogP contribution in [-0.4, -0.2) is 9.55 Å². The quantitative estimate of drug-likeness (QED) is 0.331. The number of halogens is 1. The van der Waals surface area contributed by atoms with Crippen LogP contribution in [-0.2, 0) is 5.54 Å². The summed E-state index contributed by atoms with van der Waals surface area (Å²) in [5.74, 6) is 2.43. The van der Waals surface area contributed by atoms with E-state index < -0.39 is 11.6 Å². The van der Waals surface area contributed by atoms with Gasteiger partial charge in [-0.15, -0.1) is 6.42 Å². The molecule has 4 aromatic rings. The van der Waals surface area contributed by atoms with Crippen LogP contribution >= 0.6 is 0 Å². The van der Waals surface area contributed by atoms with Gasteiger partial charge in [-0.05, 0) is 28.8 Å². The van der Waals surface area contributed by atoms with E-state index in [0.717, 1.165) is 16.7 Å². The molecule has 3 aromatic carbocycles. The fourth-order valence-electron chi connectivity index (χ4n) is 3.78. The summed E-state index contributed by atoms with van der Waals surface area (Å²) in [5, 5.41) is 0. The minimum atomic E-state index is -0.927. The largest absolute Gasteiger partial charge is 0.291 e. The highest BCUT2D eigenvalue weighted by Gasteiger charge is 2.40. The number of nitrogens with zero attached hydrogens (tertiary/aromatic N) is 2. The summed E-state index contributed by atoms with van der Waals surface area (Å²) in [6, 6.07) is 29.7. The molecular weight excluding hydrogens is 359 g/mol. The minimum absolute atomic E-state index is 0.465. The minimum Gasteiger partial charge on any atom is -0.288 e. The Labute approximate surface area is 170 Å². The van der Waals surface area contributed by atoms with Crippen molar-refractivity contribution >= 4 is 6.08 Å². The normalized spacial score (nSPS) is 11.4. The Morgan fingerprint density at radius 3 is 1.66 bits per heavy atom. The van der Waals surface area contributed by atoms with E-state index in [-0.39, 0.29) is 0 Å². The molecule has 1 aromatic heterocycles. The van der Waals surface area contributed by atoms with Crippen LogP contribution in [0.25, 0.3) is 6.08 Å². The molecule has 0 saturated heterocycles. The third-order valence-electron chi connectivity index (χ3n) is 4.97. The lowest BCUT2D eigenvalue weighted by Gasteiger charge is -2.37. The van der Waals surface area contributed by atoms with Gasteiger partial charge >= 0.3 is 0 Å². The van der Waals surface area contributed by atoms with Crippen LogP contribution in [0.15, 0.2) is 103 Å². The standard InChI is InChI=1S/C26H19FN2/c1-2-3-19-24-20-29(25(27)28-24)26(21-13-7-4-8-14-21,22-15-9-5-10-16-22)23-17-11-6-12-18-23/h1,3-20H. The molecule has 0 bridgehead atoms. The van der Waals surface area contributed by atoms with Gasteiger partial charge in [-0.1, -0.05) is 96.9 Å². The molecule has 0 aliphatic carbocycles. The molecule has 2 nitrogen and oxygen atoms in total. The second-order valence-corrected chi connectivity index (χ2v) is 6.61. The average Bonchev–Trinajstić information content (AvgIpc) is 3.16. The monoisotopic (exact) mass is 378 g/mol. The molecule has 29 heavy (non-hydrogen) atoms. The summed E-state index contributed by atoms with van der Waals surface area (Å²) in [6.45, 7) is 0. The van der Waals surface area contributed by atoms with Crippen molar-refractivity contribution in [3.05, 3.63) is 132 Å². The van der Waals surface area contributed by atoms with E-state index in [1.807, 2.05) is 91.0 Å². The maximum atomic E-state index is 15.4. The van der Waals surface area contributed by atoms with Gasteiger partial charge < -0.3 is 0 Å². The van der Waals surface area contributed by atoms with Crippen molar-refractivity contribution in [2.75, 3.05) is 0 Å². The van der Waals surface area contributed by atoms with Crippen molar-refractivity contribution in [3.63, 3.8) is 0 Å². The van der Waals surface area contributed by atoms with E-state index in [4.69, 9.17) is 6.42 Å². The molecule has 1 heterocycles. The molecule has 0 amide bonds. The lowest BCUT2D eigenvalue weighted by molar-refractivity contribution is 0.397. The SMILES string of the molecule is C#CC=Cc1cn(C(c2ccccc2)(c2ccccc2)c2ccccc2)c(F)n1. The zero-order valence-electron chi connectivity index (χ0n) is 15.7. The highest BCUT2D eigenvalue weighted by atomic mass is 19.1. The summed E-state index contributed by atoms with van der Waals surface area (Å²) < 4.78 is 16.9. The predicted octanol–water partition coefficient (Wildman–Crippen LogP) is 5.51. The summed E-state index contributed by atoms with van der Waals surface area (Å²) in [4.78, 5) is 4.10. The molecule has 0 atom stereocenters. The molecular formula is C26H19FN2. The van der Waals surface area contributed by atoms with Crippen LogP contribution in [0.3, 0.4) is 0 Å². The van der Waals surface area contributed by atoms with E-state index in [2.05, 4.69) is 10.9 Å². The van der Waals surface area contributed by atoms with Gasteiger partial charge in [0.15, 0.2) is 0 Å². The van der Waals surface area contributed by atoms with Crippen LogP contribution in [0, 0.1) is 18.4 Å². The molecule has 0 unspecified atom stereocenters. The first-order valence-corrected chi connectivity index (χ1v) is 9.31. The number of aromatic nitrogens is 2. The van der Waals surface area contributed by atoms with Gasteiger partial charge in [0, 0.05) is 6.20 Å². The van der Waals surface area contributed by atoms with Crippen molar-refractivity contribution in [3.8, 4) is 12.3 Å². The van der Waals surface area contributed by atoms with Crippen molar-refractivity contribution in [1.29, 1.82) is 0 Å². The molecule has 140 valence electrons. The van der Waals surface area contributed by atoms with Gasteiger partial charge in [-0.25, -0.2) is 4.98 Å². The number of hydrogen-bond acceptors (Lipinski definition) is 1. The summed E-state index contributed by atoms with van der Waals surface area (Å²) in [6.07, 6.45) is 9.58. The topological polar surface area (TPSA) is 17.8 Å². The van der Waals surface area contributed by atoms with Crippen molar-refractivity contribution in [2.45, 2.75) is 5.54 Å². The average molecular weight is 378 g/mol. The first kappa shape index (κ1) is 18.5. The lowest BCUT2D eigenvalue weighted by atomic mass is 9.76. The van der Waals surface area contributed by atoms with Crippen LogP contribution in [0.5, 0.6) is 0 Å². The van der Waals surface area contributed by atoms with Gasteiger partial charge in [-0.3, -0.25) is 4.57 Å². The van der Waals surface area contributed by atoms with E-state index in [1.54, 1.807) is 16.8 Å². The third-order valence-corrected chi connectivity index (χ3v) is 4.97. The van der Waals surface area contributed by atoms with Gasteiger partial charge in [0.1, 0.15) is 5.54 Å². The van der Waals surface area contributed by atoms with Crippen molar-refractivity contribution in [1.82, 2.24) is 9.55 Å². The number of hydrogen-bond donors (Lipinski definition) is 0. The molecule has 0 N–H and O–H groups in total. The van der Waals surface area contributed by atoms with E-state index >= 15 is 4.39 Å². The number of rotatable bonds is 5. The second kappa shape index (κ2) is 8.00. The van der Waals surface area contributed by atoms with Crippen LogP contribution in [0.2, 0.25) is 0 Å².